The monoisotopic (exact) mass is 512 g/mol. The van der Waals surface area contributed by atoms with Gasteiger partial charge in [-0.3, -0.25) is 14.4 Å². The number of carbonyl (C=O) groups excluding carboxylic acids is 3. The lowest BCUT2D eigenvalue weighted by Crippen LogP contribution is -2.55. The van der Waals surface area contributed by atoms with Gasteiger partial charge < -0.3 is 15.4 Å². The molecule has 6 nitrogen and oxygen atoms in total. The molecular formula is C32H36N2O4. The van der Waals surface area contributed by atoms with Crippen molar-refractivity contribution in [3.63, 3.8) is 0 Å². The van der Waals surface area contributed by atoms with Crippen molar-refractivity contribution in [3.05, 3.63) is 83.1 Å². The summed E-state index contributed by atoms with van der Waals surface area (Å²) in [5, 5.41) is 15.7. The number of hydrogen-bond donors (Lipinski definition) is 3. The summed E-state index contributed by atoms with van der Waals surface area (Å²) in [5.41, 5.74) is 3.14. The topological polar surface area (TPSA) is 99.3 Å². The number of aromatic nitrogens is 1. The molecule has 2 aliphatic carbocycles. The van der Waals surface area contributed by atoms with Gasteiger partial charge in [-0.2, -0.15) is 0 Å². The molecule has 2 heterocycles. The number of ketones is 2. The predicted octanol–water partition coefficient (Wildman–Crippen LogP) is 4.77. The molecule has 1 saturated heterocycles. The summed E-state index contributed by atoms with van der Waals surface area (Å²) < 4.78 is 0. The molecule has 0 radical (unpaired) electrons. The van der Waals surface area contributed by atoms with Crippen LogP contribution in [0, 0.1) is 23.2 Å². The predicted molar refractivity (Wildman–Crippen MR) is 148 cm³/mol. The Morgan fingerprint density at radius 1 is 1.05 bits per heavy atom. The number of nitrogens with one attached hydrogen (secondary N) is 2. The fraction of sp³-hybridized carbons (Fsp3) is 0.406. The summed E-state index contributed by atoms with van der Waals surface area (Å²) in [6, 6.07) is 7.68. The third-order valence-electron chi connectivity index (χ3n) is 8.80. The van der Waals surface area contributed by atoms with Gasteiger partial charge in [-0.15, -0.1) is 0 Å². The van der Waals surface area contributed by atoms with E-state index in [1.165, 1.54) is 12.2 Å². The summed E-state index contributed by atoms with van der Waals surface area (Å²) in [7, 11) is 0. The molecule has 1 aromatic carbocycles. The zero-order valence-electron chi connectivity index (χ0n) is 22.5. The maximum Gasteiger partial charge on any atom is 0.235 e. The van der Waals surface area contributed by atoms with Crippen molar-refractivity contribution in [1.29, 1.82) is 0 Å². The number of benzene rings is 1. The molecule has 1 aromatic heterocycles. The highest BCUT2D eigenvalue weighted by Gasteiger charge is 2.66. The number of para-hydroxylation sites is 1. The van der Waals surface area contributed by atoms with E-state index in [4.69, 9.17) is 0 Å². The van der Waals surface area contributed by atoms with Crippen LogP contribution < -0.4 is 5.32 Å². The summed E-state index contributed by atoms with van der Waals surface area (Å²) in [6.07, 6.45) is 10.9. The Labute approximate surface area is 223 Å². The number of hydrogen-bond acceptors (Lipinski definition) is 4. The van der Waals surface area contributed by atoms with Gasteiger partial charge in [0, 0.05) is 41.4 Å². The van der Waals surface area contributed by atoms with Crippen LogP contribution in [-0.2, 0) is 20.8 Å². The Morgan fingerprint density at radius 2 is 1.82 bits per heavy atom. The molecule has 38 heavy (non-hydrogen) atoms. The summed E-state index contributed by atoms with van der Waals surface area (Å²) in [5.74, 6) is -2.01. The first-order chi connectivity index (χ1) is 18.1. The minimum atomic E-state index is -1.53. The van der Waals surface area contributed by atoms with Crippen LogP contribution in [-0.4, -0.2) is 39.7 Å². The molecule has 0 saturated carbocycles. The number of fused-ring (bicyclic) bond motifs is 1. The van der Waals surface area contributed by atoms with E-state index < -0.39 is 29.1 Å². The molecule has 1 amide bonds. The van der Waals surface area contributed by atoms with E-state index in [1.807, 2.05) is 63.4 Å². The highest BCUT2D eigenvalue weighted by molar-refractivity contribution is 6.15. The van der Waals surface area contributed by atoms with E-state index in [1.54, 1.807) is 0 Å². The Morgan fingerprint density at radius 3 is 2.61 bits per heavy atom. The molecule has 5 rings (SSSR count). The second kappa shape index (κ2) is 9.99. The Balaban J connectivity index is 1.64. The third-order valence-corrected chi connectivity index (χ3v) is 8.80. The van der Waals surface area contributed by atoms with Crippen LogP contribution in [0.3, 0.4) is 0 Å². The van der Waals surface area contributed by atoms with Crippen molar-refractivity contribution in [3.8, 4) is 0 Å². The van der Waals surface area contributed by atoms with E-state index in [9.17, 15) is 19.5 Å². The number of carbonyl (C=O) groups is 3. The molecule has 6 atom stereocenters. The molecule has 1 aliphatic heterocycles. The molecule has 3 aliphatic rings. The van der Waals surface area contributed by atoms with Crippen molar-refractivity contribution in [2.75, 3.05) is 0 Å². The average Bonchev–Trinajstić information content (AvgIpc) is 3.41. The Bertz CT molecular complexity index is 1420. The molecule has 1 fully saturated rings. The van der Waals surface area contributed by atoms with Crippen molar-refractivity contribution >= 4 is 28.4 Å². The summed E-state index contributed by atoms with van der Waals surface area (Å²) in [4.78, 5) is 44.2. The van der Waals surface area contributed by atoms with E-state index >= 15 is 0 Å². The number of aliphatic hydroxyl groups excluding tert-OH is 1. The molecule has 6 heteroatoms. The number of allylic oxidation sites excluding steroid dienone is 5. The highest BCUT2D eigenvalue weighted by atomic mass is 16.3. The maximum atomic E-state index is 14.1. The van der Waals surface area contributed by atoms with Crippen molar-refractivity contribution < 1.29 is 19.5 Å². The lowest BCUT2D eigenvalue weighted by molar-refractivity contribution is -0.144. The van der Waals surface area contributed by atoms with Gasteiger partial charge in [0.1, 0.15) is 5.41 Å². The van der Waals surface area contributed by atoms with Crippen LogP contribution in [0.4, 0.5) is 0 Å². The second-order valence-electron chi connectivity index (χ2n) is 11.3. The first-order valence-electron chi connectivity index (χ1n) is 13.4. The van der Waals surface area contributed by atoms with Gasteiger partial charge in [0.15, 0.2) is 11.6 Å². The second-order valence-corrected chi connectivity index (χ2v) is 11.3. The van der Waals surface area contributed by atoms with E-state index in [2.05, 4.69) is 23.3 Å². The first kappa shape index (κ1) is 26.1. The van der Waals surface area contributed by atoms with Gasteiger partial charge in [0.25, 0.3) is 0 Å². The van der Waals surface area contributed by atoms with Crippen molar-refractivity contribution in [2.45, 2.75) is 59.1 Å². The van der Waals surface area contributed by atoms with Crippen LogP contribution >= 0.6 is 0 Å². The zero-order chi connectivity index (χ0) is 27.2. The molecular weight excluding hydrogens is 476 g/mol. The molecule has 2 aromatic rings. The Kier molecular flexibility index (Phi) is 6.86. The SMILES string of the molecule is CC1=CC(C)CC=CC2C(O)C(C)=C(C)C3C(Cc4c[nH]c5ccccc45)NC(=O)C23C(=O)C=CC(=O)C1. The van der Waals surface area contributed by atoms with Gasteiger partial charge >= 0.3 is 0 Å². The fourth-order valence-electron chi connectivity index (χ4n) is 6.91. The maximum absolute atomic E-state index is 14.1. The highest BCUT2D eigenvalue weighted by Crippen LogP contribution is 2.55. The van der Waals surface area contributed by atoms with Gasteiger partial charge in [0.2, 0.25) is 5.91 Å². The number of amides is 1. The van der Waals surface area contributed by atoms with Gasteiger partial charge in [0.05, 0.1) is 6.10 Å². The standard InChI is InChI=1S/C32H36N2O4/c1-18-8-7-10-25-30(37)21(4)20(3)29-27(16-22-17-33-26-11-6-5-9-24(22)26)34-31(38)32(25,29)28(36)13-12-23(35)15-19(2)14-18/h5-7,9-14,17-18,25,27,29-30,33,37H,8,15-16H2,1-4H3,(H,34,38). The first-order valence-corrected chi connectivity index (χ1v) is 13.4. The minimum Gasteiger partial charge on any atom is -0.388 e. The quantitative estimate of drug-likeness (QED) is 0.399. The van der Waals surface area contributed by atoms with Crippen molar-refractivity contribution in [1.82, 2.24) is 10.3 Å². The van der Waals surface area contributed by atoms with E-state index in [0.717, 1.165) is 33.2 Å². The zero-order valence-corrected chi connectivity index (χ0v) is 22.5. The average molecular weight is 513 g/mol. The largest absolute Gasteiger partial charge is 0.388 e. The molecule has 1 spiro atoms. The molecule has 198 valence electrons. The number of H-pyrrole nitrogens is 1. The van der Waals surface area contributed by atoms with Gasteiger partial charge in [-0.25, -0.2) is 0 Å². The molecule has 0 bridgehead atoms. The number of aromatic amines is 1. The van der Waals surface area contributed by atoms with Crippen molar-refractivity contribution in [2.24, 2.45) is 23.2 Å². The summed E-state index contributed by atoms with van der Waals surface area (Å²) >= 11 is 0. The van der Waals surface area contributed by atoms with Gasteiger partial charge in [-0.05, 0) is 68.9 Å². The number of aliphatic hydroxyl groups is 1. The smallest absolute Gasteiger partial charge is 0.235 e. The van der Waals surface area contributed by atoms with Gasteiger partial charge in [-0.1, -0.05) is 54.5 Å². The fourth-order valence-corrected chi connectivity index (χ4v) is 6.91. The number of rotatable bonds is 2. The lowest BCUT2D eigenvalue weighted by Gasteiger charge is -2.45. The minimum absolute atomic E-state index is 0.176. The van der Waals surface area contributed by atoms with E-state index in [-0.39, 0.29) is 30.1 Å². The van der Waals surface area contributed by atoms with Crippen LogP contribution in [0.5, 0.6) is 0 Å². The molecule has 3 N–H and O–H groups in total. The lowest BCUT2D eigenvalue weighted by atomic mass is 9.55. The Hall–Kier alpha value is -3.51. The molecule has 6 unspecified atom stereocenters. The van der Waals surface area contributed by atoms with Crippen LogP contribution in [0.15, 0.2) is 77.6 Å². The normalized spacial score (nSPS) is 32.3. The van der Waals surface area contributed by atoms with Crippen LogP contribution in [0.25, 0.3) is 10.9 Å². The van der Waals surface area contributed by atoms with Crippen LogP contribution in [0.1, 0.15) is 46.1 Å². The van der Waals surface area contributed by atoms with E-state index in [0.29, 0.717) is 12.8 Å². The summed E-state index contributed by atoms with van der Waals surface area (Å²) in [6.45, 7) is 7.81. The third kappa shape index (κ3) is 4.21. The van der Waals surface area contributed by atoms with Crippen LogP contribution in [0.2, 0.25) is 0 Å².